The Morgan fingerprint density at radius 1 is 1.41 bits per heavy atom. The molecule has 0 saturated heterocycles. The number of nitrogens with zero attached hydrogens (tertiary/aromatic N) is 2. The van der Waals surface area contributed by atoms with Crippen molar-refractivity contribution < 1.29 is 9.53 Å². The summed E-state index contributed by atoms with van der Waals surface area (Å²) in [5.41, 5.74) is 7.17. The highest BCUT2D eigenvalue weighted by molar-refractivity contribution is 7.09. The number of rotatable bonds is 6. The van der Waals surface area contributed by atoms with Crippen molar-refractivity contribution in [2.75, 3.05) is 7.11 Å². The number of carbonyl (C=O) groups excluding carboxylic acids is 1. The lowest BCUT2D eigenvalue weighted by Gasteiger charge is -2.21. The fraction of sp³-hybridized carbons (Fsp3) is 0.375. The van der Waals surface area contributed by atoms with Gasteiger partial charge in [-0.15, -0.1) is 11.3 Å². The smallest absolute Gasteiger partial charge is 0.273 e. The van der Waals surface area contributed by atoms with E-state index < -0.39 is 0 Å². The maximum atomic E-state index is 12.7. The highest BCUT2D eigenvalue weighted by Crippen LogP contribution is 2.30. The molecule has 0 spiro atoms. The standard InChI is InChI=1S/C16H19N3O2S/c1-21-13-6-2-11(3-7-13)9-19(12-4-5-12)16(20)14-10-22-15(8-17)18-14/h2-3,6-7,10,12H,4-5,8-9,17H2,1H3. The number of amides is 1. The first-order valence-corrected chi connectivity index (χ1v) is 8.17. The summed E-state index contributed by atoms with van der Waals surface area (Å²) in [4.78, 5) is 18.9. The van der Waals surface area contributed by atoms with Crippen LogP contribution >= 0.6 is 11.3 Å². The molecule has 0 atom stereocenters. The first kappa shape index (κ1) is 15.0. The molecule has 2 N–H and O–H groups in total. The molecule has 0 radical (unpaired) electrons. The molecule has 1 saturated carbocycles. The van der Waals surface area contributed by atoms with E-state index in [1.165, 1.54) is 11.3 Å². The third-order valence-corrected chi connectivity index (χ3v) is 4.58. The van der Waals surface area contributed by atoms with E-state index >= 15 is 0 Å². The van der Waals surface area contributed by atoms with Crippen LogP contribution in [0.15, 0.2) is 29.6 Å². The Balaban J connectivity index is 1.75. The normalized spacial score (nSPS) is 13.9. The highest BCUT2D eigenvalue weighted by Gasteiger charge is 2.33. The van der Waals surface area contributed by atoms with Gasteiger partial charge in [0.1, 0.15) is 16.5 Å². The summed E-state index contributed by atoms with van der Waals surface area (Å²) in [6.45, 7) is 0.975. The summed E-state index contributed by atoms with van der Waals surface area (Å²) in [5.74, 6) is 0.814. The van der Waals surface area contributed by atoms with E-state index in [4.69, 9.17) is 10.5 Å². The van der Waals surface area contributed by atoms with Gasteiger partial charge in [0.2, 0.25) is 0 Å². The average molecular weight is 317 g/mol. The number of aromatic nitrogens is 1. The molecule has 1 heterocycles. The molecule has 1 aromatic heterocycles. The second-order valence-electron chi connectivity index (χ2n) is 5.34. The maximum Gasteiger partial charge on any atom is 0.273 e. The van der Waals surface area contributed by atoms with Crippen molar-refractivity contribution in [1.82, 2.24) is 9.88 Å². The number of ether oxygens (including phenoxy) is 1. The molecular weight excluding hydrogens is 298 g/mol. The molecule has 0 aliphatic heterocycles. The van der Waals surface area contributed by atoms with Crippen molar-refractivity contribution in [3.05, 3.63) is 45.9 Å². The van der Waals surface area contributed by atoms with Crippen LogP contribution < -0.4 is 10.5 Å². The predicted octanol–water partition coefficient (Wildman–Crippen LogP) is 2.42. The Bertz CT molecular complexity index is 650. The van der Waals surface area contributed by atoms with Crippen molar-refractivity contribution in [2.45, 2.75) is 32.0 Å². The van der Waals surface area contributed by atoms with Crippen LogP contribution in [0, 0.1) is 0 Å². The van der Waals surface area contributed by atoms with Crippen molar-refractivity contribution >= 4 is 17.2 Å². The van der Waals surface area contributed by atoms with Gasteiger partial charge in [-0.25, -0.2) is 4.98 Å². The minimum atomic E-state index is -0.00531. The van der Waals surface area contributed by atoms with Crippen LogP contribution in [0.25, 0.3) is 0 Å². The quantitative estimate of drug-likeness (QED) is 0.888. The number of thiazole rings is 1. The van der Waals surface area contributed by atoms with Crippen molar-refractivity contribution in [3.8, 4) is 5.75 Å². The second-order valence-corrected chi connectivity index (χ2v) is 6.29. The molecule has 5 nitrogen and oxygen atoms in total. The van der Waals surface area contributed by atoms with E-state index in [-0.39, 0.29) is 5.91 Å². The van der Waals surface area contributed by atoms with Gasteiger partial charge in [0.15, 0.2) is 0 Å². The van der Waals surface area contributed by atoms with Crippen LogP contribution in [0.3, 0.4) is 0 Å². The van der Waals surface area contributed by atoms with Crippen molar-refractivity contribution in [3.63, 3.8) is 0 Å². The molecule has 0 bridgehead atoms. The van der Waals surface area contributed by atoms with E-state index in [0.29, 0.717) is 24.8 Å². The molecule has 6 heteroatoms. The summed E-state index contributed by atoms with van der Waals surface area (Å²) in [7, 11) is 1.65. The number of hydrogen-bond donors (Lipinski definition) is 1. The lowest BCUT2D eigenvalue weighted by Crippen LogP contribution is -2.32. The van der Waals surface area contributed by atoms with Gasteiger partial charge in [0.25, 0.3) is 5.91 Å². The van der Waals surface area contributed by atoms with Crippen LogP contribution in [0.1, 0.15) is 33.9 Å². The second kappa shape index (κ2) is 6.46. The zero-order valence-electron chi connectivity index (χ0n) is 12.5. The molecule has 2 aromatic rings. The summed E-state index contributed by atoms with van der Waals surface area (Å²) in [5, 5.41) is 2.59. The third kappa shape index (κ3) is 3.28. The summed E-state index contributed by atoms with van der Waals surface area (Å²) < 4.78 is 5.16. The lowest BCUT2D eigenvalue weighted by atomic mass is 10.2. The summed E-state index contributed by atoms with van der Waals surface area (Å²) in [6, 6.07) is 8.15. The predicted molar refractivity (Wildman–Crippen MR) is 85.9 cm³/mol. The van der Waals surface area contributed by atoms with Gasteiger partial charge in [0.05, 0.1) is 7.11 Å². The van der Waals surface area contributed by atoms with E-state index in [2.05, 4.69) is 4.98 Å². The van der Waals surface area contributed by atoms with Crippen LogP contribution in [0.4, 0.5) is 0 Å². The van der Waals surface area contributed by atoms with Gasteiger partial charge < -0.3 is 15.4 Å². The molecule has 0 unspecified atom stereocenters. The molecule has 3 rings (SSSR count). The number of methoxy groups -OCH3 is 1. The van der Waals surface area contributed by atoms with Gasteiger partial charge >= 0.3 is 0 Å². The zero-order valence-corrected chi connectivity index (χ0v) is 13.3. The Morgan fingerprint density at radius 2 is 2.14 bits per heavy atom. The SMILES string of the molecule is COc1ccc(CN(C(=O)c2csc(CN)n2)C2CC2)cc1. The van der Waals surface area contributed by atoms with Crippen molar-refractivity contribution in [2.24, 2.45) is 5.73 Å². The number of benzene rings is 1. The Hall–Kier alpha value is -1.92. The highest BCUT2D eigenvalue weighted by atomic mass is 32.1. The largest absolute Gasteiger partial charge is 0.497 e. The molecule has 1 fully saturated rings. The Labute approximate surface area is 133 Å². The summed E-state index contributed by atoms with van der Waals surface area (Å²) in [6.07, 6.45) is 2.13. The molecule has 22 heavy (non-hydrogen) atoms. The van der Waals surface area contributed by atoms with Crippen LogP contribution in [-0.2, 0) is 13.1 Å². The Kier molecular flexibility index (Phi) is 4.40. The van der Waals surface area contributed by atoms with E-state index in [1.807, 2.05) is 29.2 Å². The molecule has 1 aromatic carbocycles. The first-order valence-electron chi connectivity index (χ1n) is 7.29. The van der Waals surface area contributed by atoms with Crippen LogP contribution in [0.5, 0.6) is 5.75 Å². The van der Waals surface area contributed by atoms with E-state index in [1.54, 1.807) is 12.5 Å². The van der Waals surface area contributed by atoms with E-state index in [0.717, 1.165) is 29.2 Å². The monoisotopic (exact) mass is 317 g/mol. The number of hydrogen-bond acceptors (Lipinski definition) is 5. The minimum absolute atomic E-state index is 0.00531. The summed E-state index contributed by atoms with van der Waals surface area (Å²) >= 11 is 1.44. The van der Waals surface area contributed by atoms with Crippen molar-refractivity contribution in [1.29, 1.82) is 0 Å². The third-order valence-electron chi connectivity index (χ3n) is 3.71. The fourth-order valence-electron chi connectivity index (χ4n) is 2.33. The van der Waals surface area contributed by atoms with Gasteiger partial charge in [-0.3, -0.25) is 4.79 Å². The molecule has 116 valence electrons. The van der Waals surface area contributed by atoms with Gasteiger partial charge in [-0.2, -0.15) is 0 Å². The van der Waals surface area contributed by atoms with Gasteiger partial charge in [-0.1, -0.05) is 12.1 Å². The Morgan fingerprint density at radius 3 is 2.68 bits per heavy atom. The van der Waals surface area contributed by atoms with Gasteiger partial charge in [-0.05, 0) is 30.5 Å². The zero-order chi connectivity index (χ0) is 15.5. The lowest BCUT2D eigenvalue weighted by molar-refractivity contribution is 0.0724. The molecule has 1 amide bonds. The van der Waals surface area contributed by atoms with Crippen LogP contribution in [-0.4, -0.2) is 28.9 Å². The fourth-order valence-corrected chi connectivity index (χ4v) is 2.98. The minimum Gasteiger partial charge on any atom is -0.497 e. The van der Waals surface area contributed by atoms with Crippen LogP contribution in [0.2, 0.25) is 0 Å². The maximum absolute atomic E-state index is 12.7. The average Bonchev–Trinajstić information content (AvgIpc) is 3.28. The molecule has 1 aliphatic rings. The molecule has 1 aliphatic carbocycles. The number of carbonyl (C=O) groups is 1. The first-order chi connectivity index (χ1) is 10.7. The number of nitrogens with two attached hydrogens (primary N) is 1. The van der Waals surface area contributed by atoms with Gasteiger partial charge in [0, 0.05) is 24.5 Å². The molecular formula is C16H19N3O2S. The van der Waals surface area contributed by atoms with E-state index in [9.17, 15) is 4.79 Å². The topological polar surface area (TPSA) is 68.5 Å².